The molecule has 0 spiro atoms. The summed E-state index contributed by atoms with van der Waals surface area (Å²) in [7, 11) is 0. The van der Waals surface area contributed by atoms with E-state index in [-0.39, 0.29) is 0 Å². The maximum Gasteiger partial charge on any atom is 0.0729 e. The Labute approximate surface area is 106 Å². The number of aryl methyl sites for hydroxylation is 1. The van der Waals surface area contributed by atoms with Crippen LogP contribution in [0.2, 0.25) is 0 Å². The summed E-state index contributed by atoms with van der Waals surface area (Å²) in [6.07, 6.45) is 5.83. The number of aromatic amines is 1. The summed E-state index contributed by atoms with van der Waals surface area (Å²) < 4.78 is 0. The number of nitrogens with zero attached hydrogens (tertiary/aromatic N) is 1. The lowest BCUT2D eigenvalue weighted by molar-refractivity contribution is 1.23. The Balaban J connectivity index is 2.20. The smallest absolute Gasteiger partial charge is 0.0729 e. The Bertz CT molecular complexity index is 629. The monoisotopic (exact) mass is 234 g/mol. The van der Waals surface area contributed by atoms with Gasteiger partial charge in [0.05, 0.1) is 5.70 Å². The van der Waals surface area contributed by atoms with Crippen LogP contribution in [0.4, 0.5) is 0 Å². The van der Waals surface area contributed by atoms with Crippen molar-refractivity contribution in [3.63, 3.8) is 0 Å². The van der Waals surface area contributed by atoms with Crippen molar-refractivity contribution in [1.29, 1.82) is 0 Å². The molecule has 3 rings (SSSR count). The van der Waals surface area contributed by atoms with E-state index < -0.39 is 0 Å². The minimum absolute atomic E-state index is 1.00. The van der Waals surface area contributed by atoms with E-state index in [0.29, 0.717) is 0 Å². The zero-order chi connectivity index (χ0) is 12.4. The van der Waals surface area contributed by atoms with Crippen LogP contribution in [0.1, 0.15) is 17.0 Å². The Morgan fingerprint density at radius 2 is 1.89 bits per heavy atom. The van der Waals surface area contributed by atoms with Crippen molar-refractivity contribution in [2.24, 2.45) is 4.99 Å². The molecule has 2 heteroatoms. The molecule has 1 aromatic heterocycles. The van der Waals surface area contributed by atoms with Crippen LogP contribution in [0.25, 0.3) is 5.57 Å². The van der Waals surface area contributed by atoms with Crippen molar-refractivity contribution < 1.29 is 0 Å². The second kappa shape index (κ2) is 4.49. The van der Waals surface area contributed by atoms with Gasteiger partial charge >= 0.3 is 0 Å². The maximum absolute atomic E-state index is 4.42. The molecule has 2 nitrogen and oxygen atoms in total. The van der Waals surface area contributed by atoms with Crippen LogP contribution in [0.15, 0.2) is 65.3 Å². The standard InChI is InChI=1S/C16H14N2/c1-12-9-10-15(18-12)16(14-8-5-11-17-14)13-6-3-2-4-7-13/h2-11,18H,1H3/b16-14-. The Kier molecular flexibility index (Phi) is 2.69. The van der Waals surface area contributed by atoms with Crippen molar-refractivity contribution in [2.45, 2.75) is 6.92 Å². The largest absolute Gasteiger partial charge is 0.359 e. The highest BCUT2D eigenvalue weighted by Gasteiger charge is 2.12. The fraction of sp³-hybridized carbons (Fsp3) is 0.0625. The summed E-state index contributed by atoms with van der Waals surface area (Å²) in [6, 6.07) is 14.5. The molecule has 0 bridgehead atoms. The van der Waals surface area contributed by atoms with Gasteiger partial charge in [0.15, 0.2) is 0 Å². The van der Waals surface area contributed by atoms with Gasteiger partial charge in [-0.2, -0.15) is 0 Å². The molecule has 0 fully saturated rings. The van der Waals surface area contributed by atoms with Crippen LogP contribution in [-0.2, 0) is 0 Å². The van der Waals surface area contributed by atoms with Gasteiger partial charge in [0.25, 0.3) is 0 Å². The minimum atomic E-state index is 1.00. The highest BCUT2D eigenvalue weighted by Crippen LogP contribution is 2.28. The first-order valence-electron chi connectivity index (χ1n) is 6.01. The van der Waals surface area contributed by atoms with Crippen molar-refractivity contribution >= 4 is 11.8 Å². The molecule has 0 saturated heterocycles. The minimum Gasteiger partial charge on any atom is -0.359 e. The van der Waals surface area contributed by atoms with Gasteiger partial charge in [-0.15, -0.1) is 0 Å². The number of hydrogen-bond acceptors (Lipinski definition) is 1. The fourth-order valence-corrected chi connectivity index (χ4v) is 2.14. The Morgan fingerprint density at radius 1 is 1.06 bits per heavy atom. The molecule has 1 aromatic carbocycles. The third-order valence-corrected chi connectivity index (χ3v) is 2.97. The molecular weight excluding hydrogens is 220 g/mol. The van der Waals surface area contributed by atoms with Crippen LogP contribution >= 0.6 is 0 Å². The molecular formula is C16H14N2. The quantitative estimate of drug-likeness (QED) is 0.820. The number of allylic oxidation sites excluding steroid dienone is 2. The second-order valence-corrected chi connectivity index (χ2v) is 4.32. The predicted molar refractivity (Wildman–Crippen MR) is 75.6 cm³/mol. The average molecular weight is 234 g/mol. The fourth-order valence-electron chi connectivity index (χ4n) is 2.14. The lowest BCUT2D eigenvalue weighted by Gasteiger charge is -2.08. The number of aliphatic imine (C=N–C) groups is 1. The number of nitrogens with one attached hydrogen (secondary N) is 1. The van der Waals surface area contributed by atoms with Gasteiger partial charge in [-0.05, 0) is 36.8 Å². The zero-order valence-corrected chi connectivity index (χ0v) is 10.2. The van der Waals surface area contributed by atoms with Gasteiger partial charge in [0.2, 0.25) is 0 Å². The van der Waals surface area contributed by atoms with Gasteiger partial charge in [-0.3, -0.25) is 4.99 Å². The number of benzene rings is 1. The molecule has 88 valence electrons. The van der Waals surface area contributed by atoms with Crippen LogP contribution in [0, 0.1) is 6.92 Å². The molecule has 0 saturated carbocycles. The van der Waals surface area contributed by atoms with Crippen LogP contribution in [-0.4, -0.2) is 11.2 Å². The van der Waals surface area contributed by atoms with E-state index in [1.165, 1.54) is 5.56 Å². The van der Waals surface area contributed by atoms with Crippen molar-refractivity contribution in [3.8, 4) is 0 Å². The summed E-state index contributed by atoms with van der Waals surface area (Å²) in [5.74, 6) is 0. The molecule has 0 amide bonds. The highest BCUT2D eigenvalue weighted by atomic mass is 14.8. The van der Waals surface area contributed by atoms with E-state index in [1.54, 1.807) is 0 Å². The molecule has 1 aliphatic heterocycles. The molecule has 2 heterocycles. The van der Waals surface area contributed by atoms with E-state index in [1.807, 2.05) is 36.6 Å². The summed E-state index contributed by atoms with van der Waals surface area (Å²) in [6.45, 7) is 2.06. The summed E-state index contributed by atoms with van der Waals surface area (Å²) in [4.78, 5) is 7.81. The maximum atomic E-state index is 4.42. The SMILES string of the molecule is Cc1ccc(/C(=C2/C=CC=N2)c2ccccc2)[nH]1. The number of H-pyrrole nitrogens is 1. The molecule has 0 atom stereocenters. The molecule has 1 aliphatic rings. The third-order valence-electron chi connectivity index (χ3n) is 2.97. The first-order chi connectivity index (χ1) is 8.84. The molecule has 18 heavy (non-hydrogen) atoms. The predicted octanol–water partition coefficient (Wildman–Crippen LogP) is 3.72. The summed E-state index contributed by atoms with van der Waals surface area (Å²) in [5.41, 5.74) is 5.59. The lowest BCUT2D eigenvalue weighted by Crippen LogP contribution is -1.91. The molecule has 2 aromatic rings. The van der Waals surface area contributed by atoms with Crippen molar-refractivity contribution in [1.82, 2.24) is 4.98 Å². The number of hydrogen-bond donors (Lipinski definition) is 1. The second-order valence-electron chi connectivity index (χ2n) is 4.32. The molecule has 1 N–H and O–H groups in total. The highest BCUT2D eigenvalue weighted by molar-refractivity contribution is 5.88. The van der Waals surface area contributed by atoms with Gasteiger partial charge in [0.1, 0.15) is 0 Å². The Hall–Kier alpha value is -2.35. The molecule has 0 aliphatic carbocycles. The van der Waals surface area contributed by atoms with Crippen LogP contribution in [0.5, 0.6) is 0 Å². The van der Waals surface area contributed by atoms with Crippen LogP contribution in [0.3, 0.4) is 0 Å². The normalized spacial score (nSPS) is 16.3. The van der Waals surface area contributed by atoms with Crippen molar-refractivity contribution in [2.75, 3.05) is 0 Å². The van der Waals surface area contributed by atoms with E-state index in [0.717, 1.165) is 22.7 Å². The first kappa shape index (κ1) is 10.8. The Morgan fingerprint density at radius 3 is 2.50 bits per heavy atom. The lowest BCUT2D eigenvalue weighted by atomic mass is 10.0. The zero-order valence-electron chi connectivity index (χ0n) is 10.2. The van der Waals surface area contributed by atoms with Gasteiger partial charge in [0, 0.05) is 23.2 Å². The first-order valence-corrected chi connectivity index (χ1v) is 6.01. The summed E-state index contributed by atoms with van der Waals surface area (Å²) >= 11 is 0. The van der Waals surface area contributed by atoms with Gasteiger partial charge in [-0.1, -0.05) is 30.3 Å². The number of rotatable bonds is 2. The van der Waals surface area contributed by atoms with Crippen molar-refractivity contribution in [3.05, 3.63) is 77.3 Å². The number of aromatic nitrogens is 1. The summed E-state index contributed by atoms with van der Waals surface area (Å²) in [5, 5.41) is 0. The third kappa shape index (κ3) is 1.93. The van der Waals surface area contributed by atoms with E-state index in [2.05, 4.69) is 41.2 Å². The van der Waals surface area contributed by atoms with Crippen LogP contribution < -0.4 is 0 Å². The van der Waals surface area contributed by atoms with Gasteiger partial charge < -0.3 is 4.98 Å². The van der Waals surface area contributed by atoms with E-state index >= 15 is 0 Å². The van der Waals surface area contributed by atoms with E-state index in [4.69, 9.17) is 0 Å². The topological polar surface area (TPSA) is 28.1 Å². The molecule has 0 unspecified atom stereocenters. The van der Waals surface area contributed by atoms with Gasteiger partial charge in [-0.25, -0.2) is 0 Å². The van der Waals surface area contributed by atoms with E-state index in [9.17, 15) is 0 Å². The average Bonchev–Trinajstić information content (AvgIpc) is 3.04. The molecule has 0 radical (unpaired) electrons.